The molecule has 4 aromatic heterocycles. The van der Waals surface area contributed by atoms with E-state index in [9.17, 15) is 4.79 Å². The zero-order chi connectivity index (χ0) is 24.5. The first kappa shape index (κ1) is 23.1. The number of rotatable bonds is 6. The fourth-order valence-corrected chi connectivity index (χ4v) is 4.50. The zero-order valence-electron chi connectivity index (χ0n) is 19.1. The van der Waals surface area contributed by atoms with Gasteiger partial charge in [-0.1, -0.05) is 35.3 Å². The molecule has 0 aliphatic carbocycles. The van der Waals surface area contributed by atoms with E-state index in [0.717, 1.165) is 39.0 Å². The Morgan fingerprint density at radius 1 is 1.06 bits per heavy atom. The molecule has 7 nitrogen and oxygen atoms in total. The molecule has 0 amide bonds. The fraction of sp³-hybridized carbons (Fsp3) is 0.154. The average Bonchev–Trinajstić information content (AvgIpc) is 3.27. The molecule has 0 radical (unpaired) electrons. The molecule has 5 aromatic rings. The highest BCUT2D eigenvalue weighted by Crippen LogP contribution is 2.33. The summed E-state index contributed by atoms with van der Waals surface area (Å²) in [7, 11) is 1.91. The number of para-hydroxylation sites is 1. The van der Waals surface area contributed by atoms with E-state index in [1.54, 1.807) is 36.9 Å². The number of halogens is 2. The number of fused-ring (bicyclic) bond motifs is 1. The number of benzene rings is 1. The van der Waals surface area contributed by atoms with Crippen LogP contribution in [0, 0.1) is 6.92 Å². The summed E-state index contributed by atoms with van der Waals surface area (Å²) in [6.07, 6.45) is 6.70. The minimum absolute atomic E-state index is 0.154. The monoisotopic (exact) mass is 505 g/mol. The molecular weight excluding hydrogens is 485 g/mol. The number of aromatic nitrogens is 5. The van der Waals surface area contributed by atoms with Crippen LogP contribution in [-0.2, 0) is 20.2 Å². The number of pyridine rings is 3. The van der Waals surface area contributed by atoms with E-state index >= 15 is 0 Å². The van der Waals surface area contributed by atoms with Crippen molar-refractivity contribution in [3.05, 3.63) is 104 Å². The van der Waals surface area contributed by atoms with Gasteiger partial charge in [-0.15, -0.1) is 0 Å². The molecule has 4 heterocycles. The van der Waals surface area contributed by atoms with Crippen LogP contribution in [0.2, 0.25) is 10.0 Å². The Balaban J connectivity index is 1.51. The zero-order valence-corrected chi connectivity index (χ0v) is 20.6. The molecule has 5 rings (SSSR count). The minimum Gasteiger partial charge on any atom is -0.487 e. The molecule has 9 heteroatoms. The lowest BCUT2D eigenvalue weighted by molar-refractivity contribution is 0.308. The van der Waals surface area contributed by atoms with Crippen LogP contribution < -0.4 is 10.3 Å². The van der Waals surface area contributed by atoms with Crippen LogP contribution >= 0.6 is 23.2 Å². The Morgan fingerprint density at radius 2 is 1.91 bits per heavy atom. The largest absolute Gasteiger partial charge is 0.487 e. The molecule has 0 aliphatic rings. The molecular formula is C26H21Cl2N5O2. The number of hydrogen-bond donors (Lipinski definition) is 0. The van der Waals surface area contributed by atoms with Gasteiger partial charge in [-0.2, -0.15) is 5.10 Å². The van der Waals surface area contributed by atoms with Gasteiger partial charge in [0, 0.05) is 54.0 Å². The first-order valence-electron chi connectivity index (χ1n) is 10.9. The van der Waals surface area contributed by atoms with Gasteiger partial charge in [0.1, 0.15) is 22.9 Å². The number of aryl methyl sites for hydroxylation is 2. The first-order chi connectivity index (χ1) is 16.9. The summed E-state index contributed by atoms with van der Waals surface area (Å²) in [5.41, 5.74) is 4.86. The van der Waals surface area contributed by atoms with E-state index in [0.29, 0.717) is 10.8 Å². The Labute approximate surface area is 211 Å². The standard InChI is InChI=1S/C26H21Cl2N5O2/c1-16-11-19(23-8-9-30-32(23)2)18-5-3-7-24(25(18)31-16)35-15-20-17(12-29-13-22(20)28)14-33-10-4-6-21(27)26(33)34/h3-13H,14-15H2,1-2H3. The van der Waals surface area contributed by atoms with Gasteiger partial charge in [0.05, 0.1) is 17.3 Å². The minimum atomic E-state index is -0.280. The van der Waals surface area contributed by atoms with Crippen LogP contribution in [0.15, 0.2) is 72.0 Å². The second-order valence-electron chi connectivity index (χ2n) is 8.14. The molecule has 0 spiro atoms. The van der Waals surface area contributed by atoms with E-state index in [1.807, 2.05) is 49.0 Å². The third-order valence-corrected chi connectivity index (χ3v) is 6.42. The summed E-state index contributed by atoms with van der Waals surface area (Å²) in [6, 6.07) is 13.2. The summed E-state index contributed by atoms with van der Waals surface area (Å²) in [6.45, 7) is 2.40. The maximum Gasteiger partial charge on any atom is 0.269 e. The normalized spacial score (nSPS) is 11.2. The molecule has 0 unspecified atom stereocenters. The van der Waals surface area contributed by atoms with Crippen molar-refractivity contribution in [3.8, 4) is 17.0 Å². The van der Waals surface area contributed by atoms with E-state index in [1.165, 1.54) is 4.57 Å². The van der Waals surface area contributed by atoms with E-state index in [4.69, 9.17) is 32.9 Å². The Hall–Kier alpha value is -3.68. The van der Waals surface area contributed by atoms with Gasteiger partial charge in [0.2, 0.25) is 0 Å². The van der Waals surface area contributed by atoms with E-state index < -0.39 is 0 Å². The molecule has 0 fully saturated rings. The third kappa shape index (κ3) is 4.52. The van der Waals surface area contributed by atoms with Crippen LogP contribution in [0.25, 0.3) is 22.2 Å². The molecule has 1 aromatic carbocycles. The lowest BCUT2D eigenvalue weighted by atomic mass is 10.0. The SMILES string of the molecule is Cc1cc(-c2ccnn2C)c2cccc(OCc3c(Cl)cncc3Cn3cccc(Cl)c3=O)c2n1. The van der Waals surface area contributed by atoms with Gasteiger partial charge in [-0.05, 0) is 42.8 Å². The number of hydrogen-bond acceptors (Lipinski definition) is 5. The molecule has 0 saturated heterocycles. The lowest BCUT2D eigenvalue weighted by Gasteiger charge is -2.15. The highest BCUT2D eigenvalue weighted by atomic mass is 35.5. The fourth-order valence-electron chi connectivity index (χ4n) is 4.08. The highest BCUT2D eigenvalue weighted by molar-refractivity contribution is 6.31. The summed E-state index contributed by atoms with van der Waals surface area (Å²) < 4.78 is 9.62. The van der Waals surface area contributed by atoms with Crippen LogP contribution in [0.1, 0.15) is 16.8 Å². The number of nitrogens with zero attached hydrogens (tertiary/aromatic N) is 5. The Bertz CT molecular complexity index is 1610. The molecule has 0 aliphatic heterocycles. The number of ether oxygens (including phenoxy) is 1. The second-order valence-corrected chi connectivity index (χ2v) is 8.95. The van der Waals surface area contributed by atoms with Crippen LogP contribution in [0.3, 0.4) is 0 Å². The van der Waals surface area contributed by atoms with Gasteiger partial charge in [0.15, 0.2) is 0 Å². The Kier molecular flexibility index (Phi) is 6.28. The van der Waals surface area contributed by atoms with Crippen LogP contribution in [0.5, 0.6) is 5.75 Å². The molecule has 0 N–H and O–H groups in total. The summed E-state index contributed by atoms with van der Waals surface area (Å²) in [4.78, 5) is 21.4. The van der Waals surface area contributed by atoms with Crippen molar-refractivity contribution in [1.29, 1.82) is 0 Å². The quantitative estimate of drug-likeness (QED) is 0.307. The van der Waals surface area contributed by atoms with Gasteiger partial charge in [-0.25, -0.2) is 4.98 Å². The second kappa shape index (κ2) is 9.52. The predicted molar refractivity (Wildman–Crippen MR) is 137 cm³/mol. The van der Waals surface area contributed by atoms with Crippen LogP contribution in [0.4, 0.5) is 0 Å². The van der Waals surface area contributed by atoms with Gasteiger partial charge >= 0.3 is 0 Å². The van der Waals surface area contributed by atoms with Gasteiger partial charge in [-0.3, -0.25) is 14.5 Å². The summed E-state index contributed by atoms with van der Waals surface area (Å²) in [5.74, 6) is 0.633. The maximum atomic E-state index is 12.4. The predicted octanol–water partition coefficient (Wildman–Crippen LogP) is 5.43. The molecule has 176 valence electrons. The van der Waals surface area contributed by atoms with Crippen molar-refractivity contribution in [2.24, 2.45) is 7.05 Å². The first-order valence-corrected chi connectivity index (χ1v) is 11.7. The molecule has 35 heavy (non-hydrogen) atoms. The molecule has 0 bridgehead atoms. The van der Waals surface area contributed by atoms with Crippen molar-refractivity contribution < 1.29 is 4.74 Å². The van der Waals surface area contributed by atoms with Crippen molar-refractivity contribution in [3.63, 3.8) is 0 Å². The smallest absolute Gasteiger partial charge is 0.269 e. The van der Waals surface area contributed by atoms with Crippen LogP contribution in [-0.4, -0.2) is 24.3 Å². The van der Waals surface area contributed by atoms with Crippen molar-refractivity contribution >= 4 is 34.1 Å². The average molecular weight is 506 g/mol. The lowest BCUT2D eigenvalue weighted by Crippen LogP contribution is -2.21. The topological polar surface area (TPSA) is 74.8 Å². The van der Waals surface area contributed by atoms with Crippen molar-refractivity contribution in [1.82, 2.24) is 24.3 Å². The van der Waals surface area contributed by atoms with Crippen molar-refractivity contribution in [2.75, 3.05) is 0 Å². The third-order valence-electron chi connectivity index (χ3n) is 5.81. The summed E-state index contributed by atoms with van der Waals surface area (Å²) in [5, 5.41) is 5.88. The van der Waals surface area contributed by atoms with Gasteiger partial charge in [0.25, 0.3) is 5.56 Å². The summed E-state index contributed by atoms with van der Waals surface area (Å²) >= 11 is 12.5. The Morgan fingerprint density at radius 3 is 2.71 bits per heavy atom. The van der Waals surface area contributed by atoms with E-state index in [-0.39, 0.29) is 23.7 Å². The molecule has 0 atom stereocenters. The van der Waals surface area contributed by atoms with Gasteiger partial charge < -0.3 is 9.30 Å². The molecule has 0 saturated carbocycles. The highest BCUT2D eigenvalue weighted by Gasteiger charge is 2.15. The van der Waals surface area contributed by atoms with E-state index in [2.05, 4.69) is 10.1 Å². The maximum absolute atomic E-state index is 12.4. The van der Waals surface area contributed by atoms with Crippen molar-refractivity contribution in [2.45, 2.75) is 20.1 Å².